The quantitative estimate of drug-likeness (QED) is 0.261. The van der Waals surface area contributed by atoms with Crippen molar-refractivity contribution < 1.29 is 4.79 Å². The van der Waals surface area contributed by atoms with Gasteiger partial charge in [0.1, 0.15) is 0 Å². The van der Waals surface area contributed by atoms with Crippen LogP contribution in [0.2, 0.25) is 0 Å². The molecule has 0 aromatic carbocycles. The summed E-state index contributed by atoms with van der Waals surface area (Å²) < 4.78 is 0. The van der Waals surface area contributed by atoms with E-state index in [1.54, 1.807) is 0 Å². The van der Waals surface area contributed by atoms with E-state index in [2.05, 4.69) is 51.0 Å². The smallest absolute Gasteiger partial charge is 0.288 e. The molecule has 96 valence electrons. The van der Waals surface area contributed by atoms with Crippen molar-refractivity contribution in [3.8, 4) is 0 Å². The Hall–Kier alpha value is 0.430. The molecule has 1 amide bonds. The Morgan fingerprint density at radius 2 is 1.75 bits per heavy atom. The molecular formula is C12H23Br2NO. The van der Waals surface area contributed by atoms with Crippen molar-refractivity contribution in [1.82, 2.24) is 5.32 Å². The van der Waals surface area contributed by atoms with Crippen molar-refractivity contribution in [3.05, 3.63) is 0 Å². The van der Waals surface area contributed by atoms with Crippen molar-refractivity contribution in [1.29, 1.82) is 0 Å². The van der Waals surface area contributed by atoms with Crippen LogP contribution < -0.4 is 5.32 Å². The number of carbonyl (C=O) groups is 1. The highest BCUT2D eigenvalue weighted by Crippen LogP contribution is 2.18. The second-order valence-electron chi connectivity index (χ2n) is 4.35. The lowest BCUT2D eigenvalue weighted by molar-refractivity contribution is 0.258. The molecule has 4 heteroatoms. The molecule has 0 saturated heterocycles. The third-order valence-electron chi connectivity index (χ3n) is 2.76. The Kier molecular flexibility index (Phi) is 10.9. The van der Waals surface area contributed by atoms with Crippen LogP contribution in [0.5, 0.6) is 0 Å². The lowest BCUT2D eigenvalue weighted by atomic mass is 10.0. The molecule has 2 nitrogen and oxygen atoms in total. The maximum Gasteiger partial charge on any atom is 0.288 e. The van der Waals surface area contributed by atoms with Gasteiger partial charge in [-0.1, -0.05) is 68.3 Å². The summed E-state index contributed by atoms with van der Waals surface area (Å²) in [5.74, 6) is 0.479. The SMILES string of the molecule is CCCCCCCCC(C)C(Br)NC(=O)Br. The number of carbonyl (C=O) groups excluding carboxylic acids is 1. The first-order chi connectivity index (χ1) is 7.57. The van der Waals surface area contributed by atoms with Crippen LogP contribution in [0.4, 0.5) is 4.79 Å². The Balaban J connectivity index is 3.42. The Labute approximate surface area is 116 Å². The number of unbranched alkanes of at least 4 members (excludes halogenated alkanes) is 5. The van der Waals surface area contributed by atoms with E-state index in [1.165, 1.54) is 38.5 Å². The maximum atomic E-state index is 10.8. The molecule has 2 atom stereocenters. The van der Waals surface area contributed by atoms with Gasteiger partial charge < -0.3 is 5.32 Å². The average Bonchev–Trinajstić information content (AvgIpc) is 2.21. The minimum Gasteiger partial charge on any atom is -0.334 e. The monoisotopic (exact) mass is 355 g/mol. The van der Waals surface area contributed by atoms with Crippen molar-refractivity contribution in [2.75, 3.05) is 0 Å². The molecule has 0 aliphatic rings. The molecular weight excluding hydrogens is 334 g/mol. The highest BCUT2D eigenvalue weighted by Gasteiger charge is 2.14. The van der Waals surface area contributed by atoms with Crippen LogP contribution in [0, 0.1) is 5.92 Å². The highest BCUT2D eigenvalue weighted by atomic mass is 79.9. The van der Waals surface area contributed by atoms with E-state index < -0.39 is 0 Å². The summed E-state index contributed by atoms with van der Waals surface area (Å²) in [6, 6.07) is 0. The van der Waals surface area contributed by atoms with Gasteiger partial charge in [-0.2, -0.15) is 0 Å². The summed E-state index contributed by atoms with van der Waals surface area (Å²) in [4.78, 5) is 10.7. The Bertz CT molecular complexity index is 188. The summed E-state index contributed by atoms with van der Waals surface area (Å²) in [5.41, 5.74) is 0. The summed E-state index contributed by atoms with van der Waals surface area (Å²) in [7, 11) is 0. The fourth-order valence-electron chi connectivity index (χ4n) is 1.64. The fraction of sp³-hybridized carbons (Fsp3) is 0.917. The number of nitrogens with one attached hydrogen (secondary N) is 1. The Morgan fingerprint density at radius 1 is 1.19 bits per heavy atom. The topological polar surface area (TPSA) is 29.1 Å². The van der Waals surface area contributed by atoms with Crippen LogP contribution >= 0.6 is 31.9 Å². The van der Waals surface area contributed by atoms with Crippen LogP contribution in [0.15, 0.2) is 0 Å². The highest BCUT2D eigenvalue weighted by molar-refractivity contribution is 9.18. The molecule has 0 radical (unpaired) electrons. The van der Waals surface area contributed by atoms with Gasteiger partial charge in [-0.05, 0) is 12.3 Å². The predicted molar refractivity (Wildman–Crippen MR) is 77.3 cm³/mol. The van der Waals surface area contributed by atoms with Crippen LogP contribution in [-0.4, -0.2) is 9.77 Å². The molecule has 0 spiro atoms. The van der Waals surface area contributed by atoms with Crippen LogP contribution in [0.25, 0.3) is 0 Å². The minimum atomic E-state index is -0.149. The standard InChI is InChI=1S/C12H23Br2NO/c1-3-4-5-6-7-8-9-10(2)11(13)15-12(14)16/h10-11H,3-9H2,1-2H3,(H,15,16). The van der Waals surface area contributed by atoms with Gasteiger partial charge in [0.25, 0.3) is 4.82 Å². The van der Waals surface area contributed by atoms with Crippen molar-refractivity contribution in [3.63, 3.8) is 0 Å². The molecule has 0 aliphatic carbocycles. The minimum absolute atomic E-state index is 0.0787. The third kappa shape index (κ3) is 9.64. The second kappa shape index (κ2) is 10.6. The molecule has 0 aromatic rings. The number of hydrogen-bond acceptors (Lipinski definition) is 1. The van der Waals surface area contributed by atoms with Crippen LogP contribution in [-0.2, 0) is 0 Å². The van der Waals surface area contributed by atoms with Gasteiger partial charge >= 0.3 is 0 Å². The number of rotatable bonds is 9. The maximum absolute atomic E-state index is 10.8. The molecule has 1 N–H and O–H groups in total. The largest absolute Gasteiger partial charge is 0.334 e. The second-order valence-corrected chi connectivity index (χ2v) is 6.06. The number of halogens is 2. The molecule has 0 fully saturated rings. The molecule has 16 heavy (non-hydrogen) atoms. The van der Waals surface area contributed by atoms with Crippen molar-refractivity contribution >= 4 is 36.7 Å². The van der Waals surface area contributed by atoms with E-state index in [0.29, 0.717) is 5.92 Å². The Morgan fingerprint density at radius 3 is 2.31 bits per heavy atom. The van der Waals surface area contributed by atoms with Crippen molar-refractivity contribution in [2.45, 2.75) is 63.7 Å². The normalized spacial score (nSPS) is 14.5. The lowest BCUT2D eigenvalue weighted by Crippen LogP contribution is -2.31. The predicted octanol–water partition coefficient (Wildman–Crippen LogP) is 5.20. The molecule has 0 aliphatic heterocycles. The first-order valence-electron chi connectivity index (χ1n) is 6.18. The summed E-state index contributed by atoms with van der Waals surface area (Å²) in [5, 5.41) is 2.80. The molecule has 2 unspecified atom stereocenters. The van der Waals surface area contributed by atoms with E-state index >= 15 is 0 Å². The van der Waals surface area contributed by atoms with Crippen molar-refractivity contribution in [2.24, 2.45) is 5.92 Å². The number of amides is 1. The van der Waals surface area contributed by atoms with E-state index in [0.717, 1.165) is 6.42 Å². The molecule has 0 bridgehead atoms. The van der Waals surface area contributed by atoms with Crippen LogP contribution in [0.3, 0.4) is 0 Å². The van der Waals surface area contributed by atoms with E-state index in [-0.39, 0.29) is 9.77 Å². The number of alkyl halides is 1. The van der Waals surface area contributed by atoms with E-state index in [9.17, 15) is 4.79 Å². The van der Waals surface area contributed by atoms with Gasteiger partial charge in [-0.15, -0.1) is 0 Å². The fourth-order valence-corrected chi connectivity index (χ4v) is 2.67. The van der Waals surface area contributed by atoms with Gasteiger partial charge in [-0.3, -0.25) is 4.79 Å². The molecule has 0 aromatic heterocycles. The van der Waals surface area contributed by atoms with E-state index in [4.69, 9.17) is 0 Å². The molecule has 0 saturated carbocycles. The zero-order valence-electron chi connectivity index (χ0n) is 10.3. The van der Waals surface area contributed by atoms with Gasteiger partial charge in [0, 0.05) is 15.9 Å². The summed E-state index contributed by atoms with van der Waals surface area (Å²) in [6.07, 6.45) is 9.10. The zero-order valence-corrected chi connectivity index (χ0v) is 13.4. The number of hydrogen-bond donors (Lipinski definition) is 1. The van der Waals surface area contributed by atoms with Gasteiger partial charge in [0.15, 0.2) is 0 Å². The first-order valence-corrected chi connectivity index (χ1v) is 7.88. The van der Waals surface area contributed by atoms with Gasteiger partial charge in [0.05, 0.1) is 4.95 Å². The summed E-state index contributed by atoms with van der Waals surface area (Å²) >= 11 is 6.35. The first kappa shape index (κ1) is 16.4. The van der Waals surface area contributed by atoms with Gasteiger partial charge in [-0.25, -0.2) is 0 Å². The third-order valence-corrected chi connectivity index (χ3v) is 4.12. The lowest BCUT2D eigenvalue weighted by Gasteiger charge is -2.18. The molecule has 0 heterocycles. The van der Waals surface area contributed by atoms with Crippen LogP contribution in [0.1, 0.15) is 58.8 Å². The molecule has 0 rings (SSSR count). The summed E-state index contributed by atoms with van der Waals surface area (Å²) in [6.45, 7) is 4.40. The average molecular weight is 357 g/mol. The van der Waals surface area contributed by atoms with Gasteiger partial charge in [0.2, 0.25) is 0 Å². The zero-order chi connectivity index (χ0) is 12.4. The van der Waals surface area contributed by atoms with E-state index in [1.807, 2.05) is 0 Å².